The molecule has 0 saturated carbocycles. The third-order valence-corrected chi connectivity index (χ3v) is 2.77. The highest BCUT2D eigenvalue weighted by atomic mass is 16.2. The summed E-state index contributed by atoms with van der Waals surface area (Å²) in [5, 5.41) is 6.06. The lowest BCUT2D eigenvalue weighted by Gasteiger charge is -2.26. The van der Waals surface area contributed by atoms with Gasteiger partial charge in [-0.2, -0.15) is 0 Å². The predicted octanol–water partition coefficient (Wildman–Crippen LogP) is -0.336. The number of hydrogen-bond acceptors (Lipinski definition) is 3. The molecule has 0 bridgehead atoms. The van der Waals surface area contributed by atoms with Gasteiger partial charge in [-0.05, 0) is 13.1 Å². The highest BCUT2D eigenvalue weighted by Gasteiger charge is 2.24. The maximum atomic E-state index is 11.4. The maximum absolute atomic E-state index is 11.4. The second kappa shape index (κ2) is 5.98. The molecule has 14 heavy (non-hydrogen) atoms. The second-order valence-corrected chi connectivity index (χ2v) is 3.67. The Morgan fingerprint density at radius 2 is 2.07 bits per heavy atom. The van der Waals surface area contributed by atoms with Crippen molar-refractivity contribution in [2.75, 3.05) is 39.3 Å². The topological polar surface area (TPSA) is 44.4 Å². The molecule has 1 aliphatic rings. The molecule has 1 fully saturated rings. The number of hydrogen-bond donors (Lipinski definition) is 2. The van der Waals surface area contributed by atoms with Crippen LogP contribution in [0, 0.1) is 5.92 Å². The molecule has 1 saturated heterocycles. The van der Waals surface area contributed by atoms with Crippen molar-refractivity contribution in [3.63, 3.8) is 0 Å². The summed E-state index contributed by atoms with van der Waals surface area (Å²) < 4.78 is 0. The molecular weight excluding hydrogens is 178 g/mol. The van der Waals surface area contributed by atoms with E-state index in [0.29, 0.717) is 0 Å². The summed E-state index contributed by atoms with van der Waals surface area (Å²) >= 11 is 0. The summed E-state index contributed by atoms with van der Waals surface area (Å²) in [6, 6.07) is 0. The van der Waals surface area contributed by atoms with E-state index in [-0.39, 0.29) is 11.8 Å². The van der Waals surface area contributed by atoms with Crippen molar-refractivity contribution in [3.8, 4) is 0 Å². The Hall–Kier alpha value is -0.610. The van der Waals surface area contributed by atoms with Crippen molar-refractivity contribution in [2.45, 2.75) is 13.8 Å². The normalized spacial score (nSPS) is 16.8. The van der Waals surface area contributed by atoms with Gasteiger partial charge in [-0.3, -0.25) is 4.79 Å². The molecule has 0 spiro atoms. The Morgan fingerprint density at radius 1 is 1.43 bits per heavy atom. The number of rotatable bonds is 6. The zero-order chi connectivity index (χ0) is 10.4. The van der Waals surface area contributed by atoms with Crippen molar-refractivity contribution in [1.29, 1.82) is 0 Å². The Morgan fingerprint density at radius 3 is 2.50 bits per heavy atom. The van der Waals surface area contributed by atoms with E-state index < -0.39 is 0 Å². The molecule has 1 heterocycles. The van der Waals surface area contributed by atoms with Crippen molar-refractivity contribution in [3.05, 3.63) is 0 Å². The molecule has 0 unspecified atom stereocenters. The highest BCUT2D eigenvalue weighted by Crippen LogP contribution is 2.01. The van der Waals surface area contributed by atoms with E-state index in [4.69, 9.17) is 0 Å². The fourth-order valence-corrected chi connectivity index (χ4v) is 1.50. The van der Waals surface area contributed by atoms with Crippen LogP contribution in [0.15, 0.2) is 0 Å². The molecule has 1 aliphatic heterocycles. The molecular formula is C10H21N3O. The first-order valence-corrected chi connectivity index (χ1v) is 5.48. The molecule has 0 atom stereocenters. The van der Waals surface area contributed by atoms with Crippen LogP contribution in [0.5, 0.6) is 0 Å². The molecule has 0 aromatic carbocycles. The molecule has 1 rings (SSSR count). The summed E-state index contributed by atoms with van der Waals surface area (Å²) in [5.74, 6) is 0.419. The lowest BCUT2D eigenvalue weighted by atomic mass is 10.0. The van der Waals surface area contributed by atoms with Crippen LogP contribution >= 0.6 is 0 Å². The van der Waals surface area contributed by atoms with E-state index >= 15 is 0 Å². The van der Waals surface area contributed by atoms with E-state index in [1.807, 2.05) is 0 Å². The first-order valence-electron chi connectivity index (χ1n) is 5.48. The van der Waals surface area contributed by atoms with Gasteiger partial charge in [-0.25, -0.2) is 0 Å². The van der Waals surface area contributed by atoms with Gasteiger partial charge in [0.15, 0.2) is 0 Å². The van der Waals surface area contributed by atoms with E-state index in [0.717, 1.165) is 39.3 Å². The number of nitrogens with zero attached hydrogens (tertiary/aromatic N) is 1. The van der Waals surface area contributed by atoms with Gasteiger partial charge in [0.2, 0.25) is 5.91 Å². The van der Waals surface area contributed by atoms with Crippen molar-refractivity contribution >= 4 is 5.91 Å². The van der Waals surface area contributed by atoms with Crippen molar-refractivity contribution in [2.24, 2.45) is 5.92 Å². The van der Waals surface area contributed by atoms with Crippen LogP contribution in [0.25, 0.3) is 0 Å². The molecule has 0 aromatic heterocycles. The molecule has 4 heteroatoms. The molecule has 0 aliphatic carbocycles. The molecule has 0 radical (unpaired) electrons. The quantitative estimate of drug-likeness (QED) is 0.615. The fourth-order valence-electron chi connectivity index (χ4n) is 1.50. The summed E-state index contributed by atoms with van der Waals surface area (Å²) in [4.78, 5) is 13.7. The van der Waals surface area contributed by atoms with Gasteiger partial charge in [-0.1, -0.05) is 13.8 Å². The SMILES string of the molecule is CCN(CC)CCNC(=O)C1CNC1. The summed E-state index contributed by atoms with van der Waals surface area (Å²) in [5.41, 5.74) is 0. The minimum Gasteiger partial charge on any atom is -0.354 e. The average molecular weight is 199 g/mol. The van der Waals surface area contributed by atoms with Gasteiger partial charge in [0.1, 0.15) is 0 Å². The summed E-state index contributed by atoms with van der Waals surface area (Å²) in [7, 11) is 0. The third-order valence-electron chi connectivity index (χ3n) is 2.77. The smallest absolute Gasteiger partial charge is 0.225 e. The number of carbonyl (C=O) groups excluding carboxylic acids is 1. The Bertz CT molecular complexity index is 176. The van der Waals surface area contributed by atoms with Crippen molar-refractivity contribution < 1.29 is 4.79 Å². The number of nitrogens with one attached hydrogen (secondary N) is 2. The van der Waals surface area contributed by atoms with E-state index in [2.05, 4.69) is 29.4 Å². The van der Waals surface area contributed by atoms with Crippen molar-refractivity contribution in [1.82, 2.24) is 15.5 Å². The van der Waals surface area contributed by atoms with Gasteiger partial charge >= 0.3 is 0 Å². The first kappa shape index (κ1) is 11.5. The maximum Gasteiger partial charge on any atom is 0.225 e. The first-order chi connectivity index (χ1) is 6.77. The van der Waals surface area contributed by atoms with Crippen LogP contribution in [-0.2, 0) is 4.79 Å². The largest absolute Gasteiger partial charge is 0.354 e. The lowest BCUT2D eigenvalue weighted by Crippen LogP contribution is -2.51. The molecule has 1 amide bonds. The number of carbonyl (C=O) groups is 1. The van der Waals surface area contributed by atoms with E-state index in [1.54, 1.807) is 0 Å². The number of amides is 1. The summed E-state index contributed by atoms with van der Waals surface area (Å²) in [6.07, 6.45) is 0. The van der Waals surface area contributed by atoms with Gasteiger partial charge in [0.25, 0.3) is 0 Å². The Balaban J connectivity index is 2.04. The van der Waals surface area contributed by atoms with E-state index in [9.17, 15) is 4.79 Å². The summed E-state index contributed by atoms with van der Waals surface area (Å²) in [6.45, 7) is 9.81. The fraction of sp³-hybridized carbons (Fsp3) is 0.900. The Kier molecular flexibility index (Phi) is 4.90. The molecule has 4 nitrogen and oxygen atoms in total. The minimum atomic E-state index is 0.205. The standard InChI is InChI=1S/C10H21N3O/c1-3-13(4-2)6-5-12-10(14)9-7-11-8-9/h9,11H,3-8H2,1-2H3,(H,12,14). The monoisotopic (exact) mass is 199 g/mol. The minimum absolute atomic E-state index is 0.205. The molecule has 0 aromatic rings. The van der Waals surface area contributed by atoms with E-state index in [1.165, 1.54) is 0 Å². The molecule has 82 valence electrons. The Labute approximate surface area is 86.0 Å². The van der Waals surface area contributed by atoms with Gasteiger partial charge in [0.05, 0.1) is 5.92 Å². The van der Waals surface area contributed by atoms with Crippen LogP contribution in [-0.4, -0.2) is 50.1 Å². The van der Waals surface area contributed by atoms with Crippen LogP contribution in [0.3, 0.4) is 0 Å². The third kappa shape index (κ3) is 3.27. The van der Waals surface area contributed by atoms with Gasteiger partial charge in [0, 0.05) is 26.2 Å². The van der Waals surface area contributed by atoms with Crippen LogP contribution in [0.2, 0.25) is 0 Å². The zero-order valence-corrected chi connectivity index (χ0v) is 9.18. The molecule has 2 N–H and O–H groups in total. The zero-order valence-electron chi connectivity index (χ0n) is 9.18. The highest BCUT2D eigenvalue weighted by molar-refractivity contribution is 5.79. The van der Waals surface area contributed by atoms with Crippen LogP contribution in [0.1, 0.15) is 13.8 Å². The lowest BCUT2D eigenvalue weighted by molar-refractivity contribution is -0.126. The van der Waals surface area contributed by atoms with Crippen LogP contribution in [0.4, 0.5) is 0 Å². The predicted molar refractivity (Wildman–Crippen MR) is 57.2 cm³/mol. The second-order valence-electron chi connectivity index (χ2n) is 3.67. The van der Waals surface area contributed by atoms with Crippen LogP contribution < -0.4 is 10.6 Å². The van der Waals surface area contributed by atoms with Gasteiger partial charge < -0.3 is 15.5 Å². The number of likely N-dealkylation sites (N-methyl/N-ethyl adjacent to an activating group) is 1. The average Bonchev–Trinajstić information content (AvgIpc) is 2.09. The van der Waals surface area contributed by atoms with Gasteiger partial charge in [-0.15, -0.1) is 0 Å².